The minimum absolute atomic E-state index is 0.706. The first-order valence-electron chi connectivity index (χ1n) is 7.10. The summed E-state index contributed by atoms with van der Waals surface area (Å²) in [5.41, 5.74) is 1.17. The molecule has 0 fully saturated rings. The number of aliphatic carboxylic acids is 2. The van der Waals surface area contributed by atoms with Gasteiger partial charge in [-0.2, -0.15) is 4.98 Å². The van der Waals surface area contributed by atoms with Gasteiger partial charge in [-0.3, -0.25) is 0 Å². The summed E-state index contributed by atoms with van der Waals surface area (Å²) in [6, 6.07) is 0. The second-order valence-electron chi connectivity index (χ2n) is 4.99. The fraction of sp³-hybridized carbons (Fsp3) is 0.571. The third-order valence-electron chi connectivity index (χ3n) is 3.02. The largest absolute Gasteiger partial charge is 0.473 e. The van der Waals surface area contributed by atoms with Gasteiger partial charge >= 0.3 is 11.9 Å². The van der Waals surface area contributed by atoms with Crippen LogP contribution >= 0.6 is 0 Å². The third-order valence-corrected chi connectivity index (χ3v) is 3.02. The second-order valence-corrected chi connectivity index (χ2v) is 4.99. The summed E-state index contributed by atoms with van der Waals surface area (Å²) in [6.07, 6.45) is 6.48. The van der Waals surface area contributed by atoms with Crippen LogP contribution in [0.15, 0.2) is 10.6 Å². The first-order valence-corrected chi connectivity index (χ1v) is 7.10. The van der Waals surface area contributed by atoms with Crippen molar-refractivity contribution in [1.29, 1.82) is 0 Å². The molecule has 8 heteroatoms. The molecule has 0 atom stereocenters. The Bertz CT molecular complexity index is 526. The molecule has 22 heavy (non-hydrogen) atoms. The minimum atomic E-state index is -1.82. The van der Waals surface area contributed by atoms with Crippen molar-refractivity contribution < 1.29 is 24.3 Å². The molecule has 0 radical (unpaired) electrons. The topological polar surface area (TPSA) is 117 Å². The number of nitrogens with zero attached hydrogens (tertiary/aromatic N) is 3. The van der Waals surface area contributed by atoms with E-state index in [0.717, 1.165) is 44.6 Å². The zero-order valence-corrected chi connectivity index (χ0v) is 12.8. The normalized spacial score (nSPS) is 14.7. The van der Waals surface area contributed by atoms with Gasteiger partial charge in [0.25, 0.3) is 5.89 Å². The van der Waals surface area contributed by atoms with Gasteiger partial charge < -0.3 is 19.6 Å². The smallest absolute Gasteiger partial charge is 0.414 e. The molecule has 0 saturated heterocycles. The monoisotopic (exact) mass is 311 g/mol. The molecule has 2 N–H and O–H groups in total. The Labute approximate surface area is 128 Å². The lowest BCUT2D eigenvalue weighted by Crippen LogP contribution is -2.25. The summed E-state index contributed by atoms with van der Waals surface area (Å²) in [6.45, 7) is 4.19. The highest BCUT2D eigenvalue weighted by Crippen LogP contribution is 2.18. The molecule has 122 valence electrons. The molecule has 0 spiro atoms. The number of hydrogen-bond donors (Lipinski definition) is 2. The van der Waals surface area contributed by atoms with E-state index < -0.39 is 11.9 Å². The zero-order valence-electron chi connectivity index (χ0n) is 12.8. The average molecular weight is 311 g/mol. The lowest BCUT2D eigenvalue weighted by atomic mass is 10.1. The molecule has 0 saturated carbocycles. The number of aromatic nitrogens is 2. The lowest BCUT2D eigenvalue weighted by molar-refractivity contribution is -0.159. The average Bonchev–Trinajstić information content (AvgIpc) is 2.94. The van der Waals surface area contributed by atoms with E-state index in [2.05, 4.69) is 35.1 Å². The summed E-state index contributed by atoms with van der Waals surface area (Å²) >= 11 is 0. The van der Waals surface area contributed by atoms with Crippen molar-refractivity contribution >= 4 is 17.5 Å². The van der Waals surface area contributed by atoms with Gasteiger partial charge in [0.2, 0.25) is 0 Å². The van der Waals surface area contributed by atoms with E-state index in [4.69, 9.17) is 24.3 Å². The first kappa shape index (κ1) is 17.8. The fourth-order valence-electron chi connectivity index (χ4n) is 1.87. The zero-order chi connectivity index (χ0) is 16.5. The predicted octanol–water partition coefficient (Wildman–Crippen LogP) is 1.29. The molecule has 2 heterocycles. The van der Waals surface area contributed by atoms with Crippen molar-refractivity contribution in [1.82, 2.24) is 15.0 Å². The summed E-state index contributed by atoms with van der Waals surface area (Å²) in [4.78, 5) is 24.9. The van der Waals surface area contributed by atoms with Crippen LogP contribution in [0, 0.1) is 0 Å². The Balaban J connectivity index is 0.000000346. The van der Waals surface area contributed by atoms with Crippen LogP contribution < -0.4 is 0 Å². The van der Waals surface area contributed by atoms with Crippen molar-refractivity contribution in [3.05, 3.63) is 17.8 Å². The molecule has 1 aliphatic heterocycles. The van der Waals surface area contributed by atoms with Crippen LogP contribution in [0.5, 0.6) is 0 Å². The molecule has 0 bridgehead atoms. The van der Waals surface area contributed by atoms with Crippen LogP contribution in [0.25, 0.3) is 5.57 Å². The predicted molar refractivity (Wildman–Crippen MR) is 78.3 cm³/mol. The Morgan fingerprint density at radius 1 is 1.36 bits per heavy atom. The highest BCUT2D eigenvalue weighted by Gasteiger charge is 2.16. The molecule has 0 aliphatic carbocycles. The first-order chi connectivity index (χ1) is 10.4. The van der Waals surface area contributed by atoms with Crippen molar-refractivity contribution in [2.75, 3.05) is 20.1 Å². The Hall–Kier alpha value is -2.22. The van der Waals surface area contributed by atoms with E-state index in [0.29, 0.717) is 5.89 Å². The van der Waals surface area contributed by atoms with Gasteiger partial charge in [0.15, 0.2) is 5.82 Å². The van der Waals surface area contributed by atoms with E-state index in [1.54, 1.807) is 0 Å². The van der Waals surface area contributed by atoms with Crippen LogP contribution in [0.4, 0.5) is 0 Å². The molecular weight excluding hydrogens is 290 g/mol. The fourth-order valence-corrected chi connectivity index (χ4v) is 1.87. The SMILES string of the molecule is CCCCc1noc(C2=CCCN(C)C2)n1.O=C(O)C(=O)O. The standard InChI is InChI=1S/C12H19N3O.C2H2O4/c1-3-4-7-11-13-12(16-14-11)10-6-5-8-15(2)9-10;3-1(4)2(5)6/h6H,3-5,7-9H2,1-2H3;(H,3,4)(H,5,6). The molecule has 1 aliphatic rings. The lowest BCUT2D eigenvalue weighted by Gasteiger charge is -2.20. The van der Waals surface area contributed by atoms with Crippen LogP contribution in [-0.4, -0.2) is 57.3 Å². The van der Waals surface area contributed by atoms with E-state index in [9.17, 15) is 0 Å². The molecular formula is C14H21N3O5. The van der Waals surface area contributed by atoms with Crippen LogP contribution in [0.3, 0.4) is 0 Å². The van der Waals surface area contributed by atoms with Crippen molar-refractivity contribution in [2.24, 2.45) is 0 Å². The summed E-state index contributed by atoms with van der Waals surface area (Å²) in [5, 5.41) is 18.8. The molecule has 1 aromatic heterocycles. The number of unbranched alkanes of at least 4 members (excludes halogenated alkanes) is 1. The van der Waals surface area contributed by atoms with Gasteiger partial charge in [0.05, 0.1) is 0 Å². The van der Waals surface area contributed by atoms with Crippen molar-refractivity contribution in [3.8, 4) is 0 Å². The maximum Gasteiger partial charge on any atom is 0.414 e. The van der Waals surface area contributed by atoms with Gasteiger partial charge in [-0.05, 0) is 19.9 Å². The Kier molecular flexibility index (Phi) is 7.24. The number of carbonyl (C=O) groups is 2. The van der Waals surface area contributed by atoms with Crippen LogP contribution in [-0.2, 0) is 16.0 Å². The highest BCUT2D eigenvalue weighted by atomic mass is 16.5. The summed E-state index contributed by atoms with van der Waals surface area (Å²) in [5.74, 6) is -2.10. The molecule has 2 rings (SSSR count). The quantitative estimate of drug-likeness (QED) is 0.799. The summed E-state index contributed by atoms with van der Waals surface area (Å²) < 4.78 is 5.29. The van der Waals surface area contributed by atoms with Crippen LogP contribution in [0.1, 0.15) is 37.9 Å². The molecule has 0 unspecified atom stereocenters. The Morgan fingerprint density at radius 2 is 2.05 bits per heavy atom. The summed E-state index contributed by atoms with van der Waals surface area (Å²) in [7, 11) is 2.11. The maximum atomic E-state index is 9.10. The molecule has 8 nitrogen and oxygen atoms in total. The number of hydrogen-bond acceptors (Lipinski definition) is 6. The van der Waals surface area contributed by atoms with E-state index in [-0.39, 0.29) is 0 Å². The molecule has 0 amide bonds. The van der Waals surface area contributed by atoms with Crippen molar-refractivity contribution in [2.45, 2.75) is 32.6 Å². The number of carboxylic acids is 2. The van der Waals surface area contributed by atoms with Gasteiger partial charge in [-0.15, -0.1) is 0 Å². The van der Waals surface area contributed by atoms with Gasteiger partial charge in [0, 0.05) is 25.1 Å². The van der Waals surface area contributed by atoms with E-state index >= 15 is 0 Å². The van der Waals surface area contributed by atoms with Gasteiger partial charge in [-0.1, -0.05) is 24.6 Å². The molecule has 0 aromatic carbocycles. The third kappa shape index (κ3) is 6.04. The van der Waals surface area contributed by atoms with Crippen molar-refractivity contribution in [3.63, 3.8) is 0 Å². The highest BCUT2D eigenvalue weighted by molar-refractivity contribution is 6.27. The number of likely N-dealkylation sites (N-methyl/N-ethyl adjacent to an activating group) is 1. The molecule has 1 aromatic rings. The van der Waals surface area contributed by atoms with Gasteiger partial charge in [0.1, 0.15) is 0 Å². The van der Waals surface area contributed by atoms with Gasteiger partial charge in [-0.25, -0.2) is 9.59 Å². The Morgan fingerprint density at radius 3 is 2.59 bits per heavy atom. The number of aryl methyl sites for hydroxylation is 1. The van der Waals surface area contributed by atoms with E-state index in [1.807, 2.05) is 0 Å². The van der Waals surface area contributed by atoms with Crippen LogP contribution in [0.2, 0.25) is 0 Å². The number of rotatable bonds is 4. The maximum absolute atomic E-state index is 9.10. The van der Waals surface area contributed by atoms with E-state index in [1.165, 1.54) is 5.57 Å². The second kappa shape index (κ2) is 8.93. The minimum Gasteiger partial charge on any atom is -0.473 e. The number of carboxylic acid groups (broad SMARTS) is 2.